The van der Waals surface area contributed by atoms with E-state index in [1.165, 1.54) is 18.3 Å². The van der Waals surface area contributed by atoms with Crippen molar-refractivity contribution in [2.75, 3.05) is 10.6 Å². The van der Waals surface area contributed by atoms with Gasteiger partial charge in [-0.2, -0.15) is 0 Å². The maximum atomic E-state index is 13.0. The molecule has 6 heteroatoms. The zero-order chi connectivity index (χ0) is 20.8. The van der Waals surface area contributed by atoms with Crippen LogP contribution in [0.5, 0.6) is 0 Å². The van der Waals surface area contributed by atoms with Crippen LogP contribution < -0.4 is 10.6 Å². The second kappa shape index (κ2) is 9.47. The number of nitrogens with one attached hydrogen (secondary N) is 2. The fourth-order valence-corrected chi connectivity index (χ4v) is 3.93. The Labute approximate surface area is 175 Å². The Morgan fingerprint density at radius 2 is 1.72 bits per heavy atom. The summed E-state index contributed by atoms with van der Waals surface area (Å²) in [5, 5.41) is 8.24. The van der Waals surface area contributed by atoms with Crippen LogP contribution in [0.3, 0.4) is 0 Å². The summed E-state index contributed by atoms with van der Waals surface area (Å²) in [6, 6.07) is 17.4. The lowest BCUT2D eigenvalue weighted by Crippen LogP contribution is -2.26. The molecule has 2 atom stereocenters. The molecule has 0 aliphatic heterocycles. The number of benzene rings is 2. The van der Waals surface area contributed by atoms with Crippen molar-refractivity contribution in [3.8, 4) is 11.3 Å². The maximum Gasteiger partial charge on any atom is 0.233 e. The van der Waals surface area contributed by atoms with Crippen molar-refractivity contribution >= 4 is 34.0 Å². The number of carbonyl (C=O) groups excluding carboxylic acids is 2. The molecule has 0 aliphatic rings. The third kappa shape index (κ3) is 5.29. The number of thiazole rings is 1. The number of rotatable bonds is 7. The predicted octanol–water partition coefficient (Wildman–Crippen LogP) is 5.54. The second-order valence-electron chi connectivity index (χ2n) is 7.06. The van der Waals surface area contributed by atoms with E-state index in [0.717, 1.165) is 28.9 Å². The van der Waals surface area contributed by atoms with Gasteiger partial charge < -0.3 is 10.6 Å². The second-order valence-corrected chi connectivity index (χ2v) is 7.92. The minimum absolute atomic E-state index is 0.0348. The summed E-state index contributed by atoms with van der Waals surface area (Å²) < 4.78 is 0. The van der Waals surface area contributed by atoms with Gasteiger partial charge in [-0.25, -0.2) is 4.98 Å². The summed E-state index contributed by atoms with van der Waals surface area (Å²) in [6.07, 6.45) is 0.913. The molecule has 0 saturated carbocycles. The average molecular weight is 408 g/mol. The number of carbonyl (C=O) groups is 2. The fourth-order valence-electron chi connectivity index (χ4n) is 3.21. The summed E-state index contributed by atoms with van der Waals surface area (Å²) in [6.45, 7) is 5.67. The Balaban J connectivity index is 1.74. The molecule has 150 valence electrons. The van der Waals surface area contributed by atoms with Gasteiger partial charge in [0.25, 0.3) is 0 Å². The molecule has 2 aromatic carbocycles. The van der Waals surface area contributed by atoms with Gasteiger partial charge in [0.1, 0.15) is 0 Å². The van der Waals surface area contributed by atoms with Crippen molar-refractivity contribution in [2.24, 2.45) is 5.92 Å². The zero-order valence-electron chi connectivity index (χ0n) is 16.8. The van der Waals surface area contributed by atoms with E-state index < -0.39 is 0 Å². The molecule has 0 spiro atoms. The number of amides is 2. The number of nitrogens with zero attached hydrogens (tertiary/aromatic N) is 1. The Kier molecular flexibility index (Phi) is 6.77. The van der Waals surface area contributed by atoms with E-state index in [-0.39, 0.29) is 23.7 Å². The van der Waals surface area contributed by atoms with Crippen LogP contribution in [0.1, 0.15) is 38.7 Å². The van der Waals surface area contributed by atoms with Crippen LogP contribution in [-0.4, -0.2) is 16.8 Å². The lowest BCUT2D eigenvalue weighted by Gasteiger charge is -2.22. The normalized spacial score (nSPS) is 12.8. The van der Waals surface area contributed by atoms with Crippen LogP contribution in [0.15, 0.2) is 60.0 Å². The summed E-state index contributed by atoms with van der Waals surface area (Å²) in [5.74, 6) is -0.137. The van der Waals surface area contributed by atoms with Crippen LogP contribution in [0.4, 0.5) is 10.8 Å². The molecule has 2 unspecified atom stereocenters. The molecule has 2 amide bonds. The number of hydrogen-bond acceptors (Lipinski definition) is 4. The van der Waals surface area contributed by atoms with Gasteiger partial charge in [0.15, 0.2) is 5.13 Å². The molecule has 0 fully saturated rings. The van der Waals surface area contributed by atoms with E-state index in [0.29, 0.717) is 5.13 Å². The fraction of sp³-hybridized carbons (Fsp3) is 0.261. The molecule has 29 heavy (non-hydrogen) atoms. The molecular formula is C23H25N3O2S. The van der Waals surface area contributed by atoms with Crippen molar-refractivity contribution in [1.29, 1.82) is 0 Å². The molecule has 1 aromatic heterocycles. The van der Waals surface area contributed by atoms with Crippen molar-refractivity contribution in [2.45, 2.75) is 33.1 Å². The quantitative estimate of drug-likeness (QED) is 0.540. The SMILES string of the molecule is CCC(C)C(C(=O)Nc1nc(-c2ccc(NC(C)=O)cc2)cs1)c1ccccc1. The summed E-state index contributed by atoms with van der Waals surface area (Å²) >= 11 is 1.41. The molecule has 3 aromatic rings. The Bertz CT molecular complexity index is 967. The highest BCUT2D eigenvalue weighted by molar-refractivity contribution is 7.14. The highest BCUT2D eigenvalue weighted by atomic mass is 32.1. The number of anilines is 2. The molecule has 0 saturated heterocycles. The molecular weight excluding hydrogens is 382 g/mol. The third-order valence-corrected chi connectivity index (χ3v) is 5.65. The van der Waals surface area contributed by atoms with Crippen molar-refractivity contribution < 1.29 is 9.59 Å². The molecule has 0 radical (unpaired) electrons. The van der Waals surface area contributed by atoms with E-state index >= 15 is 0 Å². The van der Waals surface area contributed by atoms with Gasteiger partial charge in [0.2, 0.25) is 11.8 Å². The first-order valence-electron chi connectivity index (χ1n) is 9.67. The first kappa shape index (κ1) is 20.7. The van der Waals surface area contributed by atoms with Gasteiger partial charge in [0, 0.05) is 23.6 Å². The molecule has 1 heterocycles. The van der Waals surface area contributed by atoms with Crippen LogP contribution in [-0.2, 0) is 9.59 Å². The summed E-state index contributed by atoms with van der Waals surface area (Å²) in [4.78, 5) is 28.7. The molecule has 2 N–H and O–H groups in total. The standard InChI is InChI=1S/C23H25N3O2S/c1-4-15(2)21(18-8-6-5-7-9-18)22(28)26-23-25-20(14-29-23)17-10-12-19(13-11-17)24-16(3)27/h5-15,21H,4H2,1-3H3,(H,24,27)(H,25,26,28). The van der Waals surface area contributed by atoms with Crippen molar-refractivity contribution in [3.63, 3.8) is 0 Å². The molecule has 0 aliphatic carbocycles. The van der Waals surface area contributed by atoms with E-state index in [9.17, 15) is 9.59 Å². The highest BCUT2D eigenvalue weighted by Gasteiger charge is 2.26. The van der Waals surface area contributed by atoms with Gasteiger partial charge in [-0.3, -0.25) is 9.59 Å². The lowest BCUT2D eigenvalue weighted by atomic mass is 9.85. The van der Waals surface area contributed by atoms with Gasteiger partial charge in [-0.05, 0) is 23.6 Å². The predicted molar refractivity (Wildman–Crippen MR) is 119 cm³/mol. The van der Waals surface area contributed by atoms with Crippen LogP contribution in [0.2, 0.25) is 0 Å². The maximum absolute atomic E-state index is 13.0. The molecule has 0 bridgehead atoms. The van der Waals surface area contributed by atoms with Crippen molar-refractivity contribution in [1.82, 2.24) is 4.98 Å². The van der Waals surface area contributed by atoms with E-state index in [1.807, 2.05) is 60.0 Å². The van der Waals surface area contributed by atoms with Crippen LogP contribution in [0, 0.1) is 5.92 Å². The summed E-state index contributed by atoms with van der Waals surface area (Å²) in [5.41, 5.74) is 3.48. The molecule has 3 rings (SSSR count). The Morgan fingerprint density at radius 3 is 2.34 bits per heavy atom. The third-order valence-electron chi connectivity index (χ3n) is 4.89. The highest BCUT2D eigenvalue weighted by Crippen LogP contribution is 2.30. The van der Waals surface area contributed by atoms with Gasteiger partial charge in [-0.1, -0.05) is 62.7 Å². The lowest BCUT2D eigenvalue weighted by molar-refractivity contribution is -0.118. The monoisotopic (exact) mass is 407 g/mol. The first-order valence-corrected chi connectivity index (χ1v) is 10.5. The molecule has 5 nitrogen and oxygen atoms in total. The van der Waals surface area contributed by atoms with Gasteiger partial charge >= 0.3 is 0 Å². The largest absolute Gasteiger partial charge is 0.326 e. The Hall–Kier alpha value is -2.99. The number of hydrogen-bond donors (Lipinski definition) is 2. The smallest absolute Gasteiger partial charge is 0.233 e. The first-order chi connectivity index (χ1) is 14.0. The topological polar surface area (TPSA) is 71.1 Å². The minimum Gasteiger partial charge on any atom is -0.326 e. The van der Waals surface area contributed by atoms with E-state index in [4.69, 9.17) is 0 Å². The number of aromatic nitrogens is 1. The van der Waals surface area contributed by atoms with Crippen LogP contribution in [0.25, 0.3) is 11.3 Å². The van der Waals surface area contributed by atoms with Gasteiger partial charge in [-0.15, -0.1) is 11.3 Å². The zero-order valence-corrected chi connectivity index (χ0v) is 17.6. The van der Waals surface area contributed by atoms with Crippen LogP contribution >= 0.6 is 11.3 Å². The van der Waals surface area contributed by atoms with Crippen molar-refractivity contribution in [3.05, 3.63) is 65.5 Å². The van der Waals surface area contributed by atoms with E-state index in [1.54, 1.807) is 0 Å². The Morgan fingerprint density at radius 1 is 1.03 bits per heavy atom. The summed E-state index contributed by atoms with van der Waals surface area (Å²) in [7, 11) is 0. The van der Waals surface area contributed by atoms with E-state index in [2.05, 4.69) is 29.5 Å². The average Bonchev–Trinajstić information content (AvgIpc) is 3.17. The minimum atomic E-state index is -0.217. The van der Waals surface area contributed by atoms with Gasteiger partial charge in [0.05, 0.1) is 11.6 Å².